The highest BCUT2D eigenvalue weighted by Crippen LogP contribution is 2.27. The molecule has 0 spiro atoms. The molecule has 0 heterocycles. The molecule has 0 saturated heterocycles. The summed E-state index contributed by atoms with van der Waals surface area (Å²) in [6.07, 6.45) is 5.41. The summed E-state index contributed by atoms with van der Waals surface area (Å²) in [6.45, 7) is 2.65. The van der Waals surface area contributed by atoms with Crippen LogP contribution in [0.2, 0.25) is 0 Å². The molecule has 0 aliphatic heterocycles. The number of aliphatic hydroxyl groups excluding tert-OH is 1. The van der Waals surface area contributed by atoms with Gasteiger partial charge < -0.3 is 10.4 Å². The van der Waals surface area contributed by atoms with Gasteiger partial charge in [0, 0.05) is 18.2 Å². The Balaban J connectivity index is 1.89. The lowest BCUT2D eigenvalue weighted by atomic mass is 9.83. The van der Waals surface area contributed by atoms with Gasteiger partial charge in [-0.15, -0.1) is 0 Å². The molecule has 1 fully saturated rings. The molecule has 0 radical (unpaired) electrons. The predicted octanol–water partition coefficient (Wildman–Crippen LogP) is 3.42. The van der Waals surface area contributed by atoms with E-state index in [1.165, 1.54) is 38.2 Å². The maximum atomic E-state index is 13.6. The average molecular weight is 265 g/mol. The molecule has 106 valence electrons. The van der Waals surface area contributed by atoms with Crippen molar-refractivity contribution in [1.29, 1.82) is 0 Å². The van der Waals surface area contributed by atoms with Crippen molar-refractivity contribution in [2.24, 2.45) is 5.92 Å². The van der Waals surface area contributed by atoms with Crippen molar-refractivity contribution < 1.29 is 9.50 Å². The van der Waals surface area contributed by atoms with E-state index in [1.54, 1.807) is 18.2 Å². The van der Waals surface area contributed by atoms with Gasteiger partial charge in [0.15, 0.2) is 0 Å². The van der Waals surface area contributed by atoms with Crippen LogP contribution in [0.1, 0.15) is 50.7 Å². The van der Waals surface area contributed by atoms with Gasteiger partial charge in [0.1, 0.15) is 5.82 Å². The topological polar surface area (TPSA) is 32.3 Å². The Morgan fingerprint density at radius 3 is 2.79 bits per heavy atom. The quantitative estimate of drug-likeness (QED) is 0.855. The molecule has 1 aliphatic carbocycles. The molecule has 2 nitrogen and oxygen atoms in total. The van der Waals surface area contributed by atoms with Gasteiger partial charge in [0.25, 0.3) is 0 Å². The number of hydrogen-bond acceptors (Lipinski definition) is 2. The van der Waals surface area contributed by atoms with E-state index in [-0.39, 0.29) is 5.82 Å². The zero-order chi connectivity index (χ0) is 13.7. The molecule has 1 aromatic rings. The third-order valence-electron chi connectivity index (χ3n) is 4.27. The third-order valence-corrected chi connectivity index (χ3v) is 4.27. The third kappa shape index (κ3) is 3.77. The van der Waals surface area contributed by atoms with Gasteiger partial charge in [-0.05, 0) is 24.8 Å². The minimum Gasteiger partial charge on any atom is -0.387 e. The van der Waals surface area contributed by atoms with Crippen LogP contribution < -0.4 is 5.32 Å². The molecular weight excluding hydrogens is 241 g/mol. The van der Waals surface area contributed by atoms with Crippen molar-refractivity contribution in [3.63, 3.8) is 0 Å². The monoisotopic (exact) mass is 265 g/mol. The van der Waals surface area contributed by atoms with Gasteiger partial charge in [-0.3, -0.25) is 0 Å². The zero-order valence-corrected chi connectivity index (χ0v) is 11.6. The minimum atomic E-state index is -0.763. The molecule has 2 rings (SSSR count). The lowest BCUT2D eigenvalue weighted by molar-refractivity contribution is 0.150. The van der Waals surface area contributed by atoms with Crippen molar-refractivity contribution >= 4 is 0 Å². The normalized spacial score (nSPS) is 25.2. The maximum Gasteiger partial charge on any atom is 0.129 e. The summed E-state index contributed by atoms with van der Waals surface area (Å²) < 4.78 is 13.6. The fourth-order valence-corrected chi connectivity index (χ4v) is 3.08. The van der Waals surface area contributed by atoms with Crippen LogP contribution in [0.25, 0.3) is 0 Å². The summed E-state index contributed by atoms with van der Waals surface area (Å²) in [5, 5.41) is 13.5. The highest BCUT2D eigenvalue weighted by Gasteiger charge is 2.24. The Kier molecular flexibility index (Phi) is 5.34. The van der Waals surface area contributed by atoms with Crippen molar-refractivity contribution in [2.45, 2.75) is 51.2 Å². The lowest BCUT2D eigenvalue weighted by Crippen LogP contribution is -2.40. The molecule has 3 heteroatoms. The summed E-state index contributed by atoms with van der Waals surface area (Å²) in [7, 11) is 0. The van der Waals surface area contributed by atoms with Crippen molar-refractivity contribution in [3.8, 4) is 0 Å². The summed E-state index contributed by atoms with van der Waals surface area (Å²) >= 11 is 0. The van der Waals surface area contributed by atoms with Gasteiger partial charge in [0.2, 0.25) is 0 Å². The van der Waals surface area contributed by atoms with E-state index >= 15 is 0 Å². The van der Waals surface area contributed by atoms with E-state index in [1.807, 2.05) is 0 Å². The van der Waals surface area contributed by atoms with Crippen LogP contribution in [0.4, 0.5) is 4.39 Å². The van der Waals surface area contributed by atoms with Crippen molar-refractivity contribution in [2.75, 3.05) is 6.54 Å². The number of halogens is 1. The zero-order valence-electron chi connectivity index (χ0n) is 11.6. The predicted molar refractivity (Wildman–Crippen MR) is 75.4 cm³/mol. The standard InChI is InChI=1S/C16H24FNO/c1-2-12-7-3-6-10-15(12)18-11-16(19)13-8-4-5-9-14(13)17/h4-5,8-9,12,15-16,18-19H,2-3,6-7,10-11H2,1H3. The Hall–Kier alpha value is -0.930. The van der Waals surface area contributed by atoms with Gasteiger partial charge >= 0.3 is 0 Å². The van der Waals surface area contributed by atoms with Crippen LogP contribution in [0.5, 0.6) is 0 Å². The Morgan fingerprint density at radius 2 is 2.05 bits per heavy atom. The average Bonchev–Trinajstić information content (AvgIpc) is 2.45. The van der Waals surface area contributed by atoms with E-state index in [9.17, 15) is 9.50 Å². The molecule has 2 N–H and O–H groups in total. The van der Waals surface area contributed by atoms with Crippen LogP contribution >= 0.6 is 0 Å². The van der Waals surface area contributed by atoms with Crippen LogP contribution in [0.15, 0.2) is 24.3 Å². The number of aliphatic hydroxyl groups is 1. The molecule has 3 unspecified atom stereocenters. The second-order valence-corrected chi connectivity index (χ2v) is 5.50. The SMILES string of the molecule is CCC1CCCCC1NCC(O)c1ccccc1F. The van der Waals surface area contributed by atoms with Crippen molar-refractivity contribution in [1.82, 2.24) is 5.32 Å². The van der Waals surface area contributed by atoms with Crippen LogP contribution in [0.3, 0.4) is 0 Å². The van der Waals surface area contributed by atoms with E-state index < -0.39 is 6.10 Å². The molecule has 1 aromatic carbocycles. The minimum absolute atomic E-state index is 0.326. The van der Waals surface area contributed by atoms with Crippen LogP contribution in [-0.2, 0) is 0 Å². The maximum absolute atomic E-state index is 13.6. The van der Waals surface area contributed by atoms with Gasteiger partial charge in [0.05, 0.1) is 6.10 Å². The Morgan fingerprint density at radius 1 is 1.32 bits per heavy atom. The number of rotatable bonds is 5. The Labute approximate surface area is 115 Å². The van der Waals surface area contributed by atoms with E-state index in [2.05, 4.69) is 12.2 Å². The molecule has 0 amide bonds. The molecule has 1 saturated carbocycles. The first-order valence-corrected chi connectivity index (χ1v) is 7.38. The first-order chi connectivity index (χ1) is 9.22. The molecule has 0 aromatic heterocycles. The Bertz CT molecular complexity index is 396. The summed E-state index contributed by atoms with van der Waals surface area (Å²) in [5.74, 6) is 0.369. The molecule has 3 atom stereocenters. The highest BCUT2D eigenvalue weighted by atomic mass is 19.1. The summed E-state index contributed by atoms with van der Waals surface area (Å²) in [6, 6.07) is 6.93. The highest BCUT2D eigenvalue weighted by molar-refractivity contribution is 5.20. The van der Waals surface area contributed by atoms with Gasteiger partial charge in [-0.25, -0.2) is 4.39 Å². The first-order valence-electron chi connectivity index (χ1n) is 7.38. The number of nitrogens with one attached hydrogen (secondary N) is 1. The number of hydrogen-bond donors (Lipinski definition) is 2. The first kappa shape index (κ1) is 14.5. The summed E-state index contributed by atoms with van der Waals surface area (Å²) in [5.41, 5.74) is 0.388. The van der Waals surface area contributed by atoms with Crippen LogP contribution in [0, 0.1) is 11.7 Å². The largest absolute Gasteiger partial charge is 0.387 e. The molecule has 1 aliphatic rings. The van der Waals surface area contributed by atoms with Crippen LogP contribution in [-0.4, -0.2) is 17.7 Å². The van der Waals surface area contributed by atoms with E-state index in [0.29, 0.717) is 24.1 Å². The second kappa shape index (κ2) is 7.01. The molecular formula is C16H24FNO. The van der Waals surface area contributed by atoms with E-state index in [4.69, 9.17) is 0 Å². The van der Waals surface area contributed by atoms with Crippen molar-refractivity contribution in [3.05, 3.63) is 35.6 Å². The fraction of sp³-hybridized carbons (Fsp3) is 0.625. The fourth-order valence-electron chi connectivity index (χ4n) is 3.08. The van der Waals surface area contributed by atoms with Gasteiger partial charge in [-0.1, -0.05) is 44.4 Å². The second-order valence-electron chi connectivity index (χ2n) is 5.50. The molecule has 19 heavy (non-hydrogen) atoms. The lowest BCUT2D eigenvalue weighted by Gasteiger charge is -2.32. The molecule has 0 bridgehead atoms. The van der Waals surface area contributed by atoms with Gasteiger partial charge in [-0.2, -0.15) is 0 Å². The number of benzene rings is 1. The summed E-state index contributed by atoms with van der Waals surface area (Å²) in [4.78, 5) is 0. The smallest absolute Gasteiger partial charge is 0.129 e. The van der Waals surface area contributed by atoms with E-state index in [0.717, 1.165) is 0 Å².